The number of rotatable bonds is 3. The van der Waals surface area contributed by atoms with Gasteiger partial charge >= 0.3 is 0 Å². The van der Waals surface area contributed by atoms with Crippen LogP contribution in [0.25, 0.3) is 38.3 Å². The largest absolute Gasteiger partial charge is 0.335 e. The fraction of sp³-hybridized carbons (Fsp3) is 0.209. The fourth-order valence-electron chi connectivity index (χ4n) is 6.36. The van der Waals surface area contributed by atoms with E-state index in [0.29, 0.717) is 0 Å². The molecule has 0 amide bonds. The molecule has 0 N–H and O–H groups in total. The lowest BCUT2D eigenvalue weighted by Gasteiger charge is -2.39. The Morgan fingerprint density at radius 2 is 1.07 bits per heavy atom. The molecule has 0 bridgehead atoms. The standard InChI is InChI=1S/C22H21N.C21H23N/c1-22(2,3)16-13-14-21-19(15-16)18-11-7-8-12-20(18)23(21)17-9-5-4-6-10-17;1-16-10-5-8-14-19(16)22(21(2,3)4)20-15-9-12-17-11-6-7-13-18(17)20/h4-15H,1-3H3;5-15H,1-4H3. The van der Waals surface area contributed by atoms with Crippen LogP contribution in [0.15, 0.2) is 140 Å². The van der Waals surface area contributed by atoms with E-state index in [4.69, 9.17) is 0 Å². The van der Waals surface area contributed by atoms with Crippen molar-refractivity contribution in [1.29, 1.82) is 0 Å². The fourth-order valence-corrected chi connectivity index (χ4v) is 6.36. The molecule has 7 aromatic rings. The van der Waals surface area contributed by atoms with Crippen molar-refractivity contribution >= 4 is 44.0 Å². The molecular weight excluding hydrogens is 544 g/mol. The Morgan fingerprint density at radius 3 is 1.78 bits per heavy atom. The van der Waals surface area contributed by atoms with Gasteiger partial charge in [-0.2, -0.15) is 0 Å². The van der Waals surface area contributed by atoms with E-state index in [1.165, 1.54) is 60.8 Å². The molecule has 0 saturated heterocycles. The maximum Gasteiger partial charge on any atom is 0.0541 e. The minimum Gasteiger partial charge on any atom is -0.335 e. The predicted molar refractivity (Wildman–Crippen MR) is 196 cm³/mol. The van der Waals surface area contributed by atoms with Gasteiger partial charge in [-0.25, -0.2) is 0 Å². The first-order valence-corrected chi connectivity index (χ1v) is 16.0. The van der Waals surface area contributed by atoms with Crippen LogP contribution in [0, 0.1) is 6.92 Å². The van der Waals surface area contributed by atoms with Gasteiger partial charge in [0.25, 0.3) is 0 Å². The lowest BCUT2D eigenvalue weighted by molar-refractivity contribution is 0.560. The number of nitrogens with zero attached hydrogens (tertiary/aromatic N) is 2. The van der Waals surface area contributed by atoms with Crippen LogP contribution >= 0.6 is 0 Å². The molecule has 0 radical (unpaired) electrons. The summed E-state index contributed by atoms with van der Waals surface area (Å²) in [6.45, 7) is 15.8. The Morgan fingerprint density at radius 1 is 0.489 bits per heavy atom. The van der Waals surface area contributed by atoms with Gasteiger partial charge < -0.3 is 9.47 Å². The molecular formula is C43H44N2. The van der Waals surface area contributed by atoms with Crippen LogP contribution in [-0.4, -0.2) is 10.1 Å². The van der Waals surface area contributed by atoms with Gasteiger partial charge in [-0.05, 0) is 92.1 Å². The van der Waals surface area contributed by atoms with E-state index in [1.807, 2.05) is 0 Å². The second-order valence-corrected chi connectivity index (χ2v) is 14.0. The third-order valence-corrected chi connectivity index (χ3v) is 8.59. The molecule has 0 fully saturated rings. The number of anilines is 2. The molecule has 45 heavy (non-hydrogen) atoms. The number of para-hydroxylation sites is 3. The number of aryl methyl sites for hydroxylation is 1. The second kappa shape index (κ2) is 11.9. The van der Waals surface area contributed by atoms with Crippen molar-refractivity contribution in [1.82, 2.24) is 4.57 Å². The van der Waals surface area contributed by atoms with Crippen LogP contribution in [0.4, 0.5) is 11.4 Å². The molecule has 0 aliphatic rings. The van der Waals surface area contributed by atoms with E-state index in [0.717, 1.165) is 0 Å². The average molecular weight is 589 g/mol. The number of hydrogen-bond donors (Lipinski definition) is 0. The summed E-state index contributed by atoms with van der Waals surface area (Å²) in [5, 5.41) is 5.22. The normalized spacial score (nSPS) is 11.9. The Hall–Kier alpha value is -4.82. The van der Waals surface area contributed by atoms with Crippen LogP contribution in [-0.2, 0) is 5.41 Å². The van der Waals surface area contributed by atoms with Gasteiger partial charge in [0, 0.05) is 38.8 Å². The van der Waals surface area contributed by atoms with Crippen molar-refractivity contribution in [3.05, 3.63) is 151 Å². The number of aromatic nitrogens is 1. The van der Waals surface area contributed by atoms with Crippen LogP contribution in [0.1, 0.15) is 52.7 Å². The smallest absolute Gasteiger partial charge is 0.0541 e. The first-order chi connectivity index (χ1) is 21.5. The summed E-state index contributed by atoms with van der Waals surface area (Å²) in [5.41, 5.74) is 9.10. The zero-order valence-corrected chi connectivity index (χ0v) is 27.7. The van der Waals surface area contributed by atoms with E-state index in [9.17, 15) is 0 Å². The molecule has 0 aliphatic carbocycles. The predicted octanol–water partition coefficient (Wildman–Crippen LogP) is 12.2. The van der Waals surface area contributed by atoms with Crippen LogP contribution in [0.5, 0.6) is 0 Å². The molecule has 0 aliphatic heterocycles. The van der Waals surface area contributed by atoms with Gasteiger partial charge in [-0.3, -0.25) is 0 Å². The van der Waals surface area contributed by atoms with E-state index >= 15 is 0 Å². The van der Waals surface area contributed by atoms with Gasteiger partial charge in [-0.1, -0.05) is 118 Å². The highest BCUT2D eigenvalue weighted by atomic mass is 15.2. The summed E-state index contributed by atoms with van der Waals surface area (Å²) in [4.78, 5) is 2.45. The zero-order valence-electron chi connectivity index (χ0n) is 27.7. The van der Waals surface area contributed by atoms with Crippen molar-refractivity contribution in [2.45, 2.75) is 59.4 Å². The molecule has 0 atom stereocenters. The summed E-state index contributed by atoms with van der Waals surface area (Å²) < 4.78 is 2.36. The molecule has 7 rings (SSSR count). The van der Waals surface area contributed by atoms with Gasteiger partial charge in [0.05, 0.1) is 11.0 Å². The summed E-state index contributed by atoms with van der Waals surface area (Å²) in [6.07, 6.45) is 0. The van der Waals surface area contributed by atoms with Crippen molar-refractivity contribution in [3.63, 3.8) is 0 Å². The maximum absolute atomic E-state index is 2.45. The minimum absolute atomic E-state index is 0.00373. The highest BCUT2D eigenvalue weighted by Gasteiger charge is 2.26. The molecule has 6 aromatic carbocycles. The summed E-state index contributed by atoms with van der Waals surface area (Å²) in [6, 6.07) is 49.9. The Bertz CT molecular complexity index is 2080. The molecule has 0 spiro atoms. The third kappa shape index (κ3) is 5.98. The van der Waals surface area contributed by atoms with E-state index in [-0.39, 0.29) is 11.0 Å². The monoisotopic (exact) mass is 588 g/mol. The van der Waals surface area contributed by atoms with Crippen molar-refractivity contribution < 1.29 is 0 Å². The van der Waals surface area contributed by atoms with E-state index in [2.05, 4.69) is 197 Å². The Balaban J connectivity index is 0.000000159. The van der Waals surface area contributed by atoms with Crippen molar-refractivity contribution in [2.75, 3.05) is 4.90 Å². The first-order valence-electron chi connectivity index (χ1n) is 16.0. The highest BCUT2D eigenvalue weighted by Crippen LogP contribution is 2.39. The van der Waals surface area contributed by atoms with Gasteiger partial charge in [-0.15, -0.1) is 0 Å². The molecule has 2 heteroatoms. The molecule has 0 unspecified atom stereocenters. The quantitative estimate of drug-likeness (QED) is 0.199. The Kier molecular flexibility index (Phi) is 8.01. The van der Waals surface area contributed by atoms with Crippen LogP contribution < -0.4 is 4.90 Å². The van der Waals surface area contributed by atoms with Crippen LogP contribution in [0.2, 0.25) is 0 Å². The minimum atomic E-state index is -0.00373. The lowest BCUT2D eigenvalue weighted by Crippen LogP contribution is -2.38. The molecule has 1 aromatic heterocycles. The van der Waals surface area contributed by atoms with Crippen LogP contribution in [0.3, 0.4) is 0 Å². The number of fused-ring (bicyclic) bond motifs is 4. The van der Waals surface area contributed by atoms with Crippen molar-refractivity contribution in [3.8, 4) is 5.69 Å². The zero-order chi connectivity index (χ0) is 31.8. The topological polar surface area (TPSA) is 8.17 Å². The first kappa shape index (κ1) is 30.2. The van der Waals surface area contributed by atoms with Gasteiger partial charge in [0.15, 0.2) is 0 Å². The third-order valence-electron chi connectivity index (χ3n) is 8.59. The lowest BCUT2D eigenvalue weighted by atomic mass is 9.86. The van der Waals surface area contributed by atoms with Gasteiger partial charge in [0.2, 0.25) is 0 Å². The number of benzene rings is 6. The summed E-state index contributed by atoms with van der Waals surface area (Å²) in [7, 11) is 0. The van der Waals surface area contributed by atoms with Gasteiger partial charge in [0.1, 0.15) is 0 Å². The summed E-state index contributed by atoms with van der Waals surface area (Å²) >= 11 is 0. The SMILES string of the molecule is CC(C)(C)c1ccc2c(c1)c1ccccc1n2-c1ccccc1.Cc1ccccc1N(c1cccc2ccccc12)C(C)(C)C. The second-order valence-electron chi connectivity index (χ2n) is 14.0. The number of hydrogen-bond acceptors (Lipinski definition) is 1. The summed E-state index contributed by atoms with van der Waals surface area (Å²) in [5.74, 6) is 0. The molecule has 1 heterocycles. The molecule has 0 saturated carbocycles. The maximum atomic E-state index is 2.45. The highest BCUT2D eigenvalue weighted by molar-refractivity contribution is 6.09. The molecule has 226 valence electrons. The van der Waals surface area contributed by atoms with Crippen molar-refractivity contribution in [2.24, 2.45) is 0 Å². The Labute approximate surface area is 268 Å². The van der Waals surface area contributed by atoms with E-state index in [1.54, 1.807) is 0 Å². The molecule has 2 nitrogen and oxygen atoms in total. The van der Waals surface area contributed by atoms with E-state index < -0.39 is 0 Å². The average Bonchev–Trinajstić information content (AvgIpc) is 3.36.